The molecule has 0 aliphatic carbocycles. The van der Waals surface area contributed by atoms with Crippen LogP contribution in [0.4, 0.5) is 10.1 Å². The molecular weight excluding hydrogens is 347 g/mol. The van der Waals surface area contributed by atoms with E-state index in [9.17, 15) is 9.18 Å². The summed E-state index contributed by atoms with van der Waals surface area (Å²) in [5, 5.41) is 9.90. The van der Waals surface area contributed by atoms with Gasteiger partial charge < -0.3 is 15.2 Å². The van der Waals surface area contributed by atoms with Crippen LogP contribution in [0.3, 0.4) is 0 Å². The van der Waals surface area contributed by atoms with Crippen LogP contribution in [0, 0.1) is 12.7 Å². The van der Waals surface area contributed by atoms with Gasteiger partial charge in [-0.2, -0.15) is 4.98 Å². The van der Waals surface area contributed by atoms with Gasteiger partial charge in [0.25, 0.3) is 11.8 Å². The number of aromatic nitrogens is 2. The van der Waals surface area contributed by atoms with Gasteiger partial charge in [-0.3, -0.25) is 4.79 Å². The molecule has 140 valence electrons. The van der Waals surface area contributed by atoms with Gasteiger partial charge in [0.05, 0.1) is 16.8 Å². The molecule has 7 heteroatoms. The number of halogens is 1. The van der Waals surface area contributed by atoms with E-state index in [0.717, 1.165) is 5.56 Å². The van der Waals surface area contributed by atoms with Crippen molar-refractivity contribution in [2.45, 2.75) is 26.3 Å². The molecule has 3 rings (SSSR count). The maximum atomic E-state index is 13.9. The first-order valence-corrected chi connectivity index (χ1v) is 8.65. The molecule has 0 saturated carbocycles. The van der Waals surface area contributed by atoms with E-state index in [1.807, 2.05) is 33.0 Å². The molecule has 0 aliphatic rings. The third kappa shape index (κ3) is 4.20. The van der Waals surface area contributed by atoms with E-state index >= 15 is 0 Å². The normalized spacial score (nSPS) is 12.0. The minimum atomic E-state index is -0.578. The molecule has 3 aromatic rings. The zero-order valence-corrected chi connectivity index (χ0v) is 15.4. The summed E-state index contributed by atoms with van der Waals surface area (Å²) in [4.78, 5) is 17.0. The van der Waals surface area contributed by atoms with E-state index in [1.165, 1.54) is 18.2 Å². The van der Waals surface area contributed by atoms with Crippen LogP contribution in [0.15, 0.2) is 47.0 Å². The average Bonchev–Trinajstić information content (AvgIpc) is 3.11. The molecule has 1 aromatic heterocycles. The van der Waals surface area contributed by atoms with Gasteiger partial charge in [0, 0.05) is 12.5 Å². The fraction of sp³-hybridized carbons (Fsp3) is 0.250. The van der Waals surface area contributed by atoms with Crippen LogP contribution >= 0.6 is 0 Å². The first kappa shape index (κ1) is 18.7. The molecule has 6 nitrogen and oxygen atoms in total. The van der Waals surface area contributed by atoms with Crippen LogP contribution in [-0.2, 0) is 6.42 Å². The molecule has 0 saturated heterocycles. The zero-order chi connectivity index (χ0) is 19.4. The van der Waals surface area contributed by atoms with Gasteiger partial charge in [-0.15, -0.1) is 0 Å². The average molecular weight is 368 g/mol. The van der Waals surface area contributed by atoms with Gasteiger partial charge in [0.2, 0.25) is 0 Å². The number of rotatable bonds is 6. The van der Waals surface area contributed by atoms with Crippen molar-refractivity contribution in [1.29, 1.82) is 0 Å². The largest absolute Gasteiger partial charge is 0.334 e. The summed E-state index contributed by atoms with van der Waals surface area (Å²) in [6, 6.07) is 11.5. The number of amides is 1. The number of carbonyl (C=O) groups excluding carboxylic acids is 1. The highest BCUT2D eigenvalue weighted by Crippen LogP contribution is 2.30. The molecule has 1 atom stereocenters. The molecule has 0 radical (unpaired) electrons. The van der Waals surface area contributed by atoms with Crippen molar-refractivity contribution < 1.29 is 13.7 Å². The molecule has 1 amide bonds. The first-order valence-electron chi connectivity index (χ1n) is 8.65. The second-order valence-corrected chi connectivity index (χ2v) is 6.34. The van der Waals surface area contributed by atoms with Crippen molar-refractivity contribution in [2.75, 3.05) is 12.4 Å². The number of hydrogen-bond acceptors (Lipinski definition) is 5. The Balaban J connectivity index is 1.91. The summed E-state index contributed by atoms with van der Waals surface area (Å²) in [6.45, 7) is 3.86. The summed E-state index contributed by atoms with van der Waals surface area (Å²) in [7, 11) is 1.86. The Morgan fingerprint density at radius 2 is 2.00 bits per heavy atom. The molecule has 0 fully saturated rings. The van der Waals surface area contributed by atoms with Crippen LogP contribution in [0.5, 0.6) is 0 Å². The van der Waals surface area contributed by atoms with Crippen LogP contribution < -0.4 is 10.6 Å². The third-order valence-corrected chi connectivity index (χ3v) is 4.31. The quantitative estimate of drug-likeness (QED) is 0.695. The summed E-state index contributed by atoms with van der Waals surface area (Å²) in [5.74, 6) is -0.237. The topological polar surface area (TPSA) is 80.0 Å². The SMILES string of the molecule is CNC(C)Cc1noc(-c2cccc(C)c2NC(=O)c2ccccc2F)n1. The predicted molar refractivity (Wildman–Crippen MR) is 101 cm³/mol. The number of anilines is 1. The Labute approximate surface area is 156 Å². The molecule has 1 unspecified atom stereocenters. The summed E-state index contributed by atoms with van der Waals surface area (Å²) in [6.07, 6.45) is 0.614. The standard InChI is InChI=1S/C20H21FN4O2/c1-12-7-6-9-15(20-23-17(25-27-20)11-13(2)22-3)18(12)24-19(26)14-8-4-5-10-16(14)21/h4-10,13,22H,11H2,1-3H3,(H,24,26). The van der Waals surface area contributed by atoms with Crippen molar-refractivity contribution in [3.05, 3.63) is 65.2 Å². The van der Waals surface area contributed by atoms with Crippen molar-refractivity contribution >= 4 is 11.6 Å². The number of para-hydroxylation sites is 1. The highest BCUT2D eigenvalue weighted by atomic mass is 19.1. The van der Waals surface area contributed by atoms with Crippen LogP contribution in [0.2, 0.25) is 0 Å². The lowest BCUT2D eigenvalue weighted by atomic mass is 10.1. The predicted octanol–water partition coefficient (Wildman–Crippen LogP) is 3.59. The van der Waals surface area contributed by atoms with Crippen LogP contribution in [0.1, 0.15) is 28.7 Å². The van der Waals surface area contributed by atoms with Crippen LogP contribution in [0.25, 0.3) is 11.5 Å². The Kier molecular flexibility index (Phi) is 5.61. The smallest absolute Gasteiger partial charge is 0.260 e. The fourth-order valence-corrected chi connectivity index (χ4v) is 2.66. The molecular formula is C20H21FN4O2. The lowest BCUT2D eigenvalue weighted by Crippen LogP contribution is -2.24. The van der Waals surface area contributed by atoms with Gasteiger partial charge in [0.15, 0.2) is 5.82 Å². The van der Waals surface area contributed by atoms with Gasteiger partial charge in [-0.1, -0.05) is 29.4 Å². The van der Waals surface area contributed by atoms with Gasteiger partial charge >= 0.3 is 0 Å². The number of nitrogens with one attached hydrogen (secondary N) is 2. The van der Waals surface area contributed by atoms with E-state index in [-0.39, 0.29) is 11.6 Å². The van der Waals surface area contributed by atoms with E-state index in [0.29, 0.717) is 29.4 Å². The number of carbonyl (C=O) groups is 1. The second kappa shape index (κ2) is 8.09. The van der Waals surface area contributed by atoms with Crippen LogP contribution in [-0.4, -0.2) is 29.1 Å². The van der Waals surface area contributed by atoms with Gasteiger partial charge in [-0.25, -0.2) is 4.39 Å². The minimum absolute atomic E-state index is 0.0271. The van der Waals surface area contributed by atoms with Crippen molar-refractivity contribution in [2.24, 2.45) is 0 Å². The second-order valence-electron chi connectivity index (χ2n) is 6.34. The Morgan fingerprint density at radius 1 is 1.22 bits per heavy atom. The Bertz CT molecular complexity index is 955. The van der Waals surface area contributed by atoms with Crippen molar-refractivity contribution in [1.82, 2.24) is 15.5 Å². The summed E-state index contributed by atoms with van der Waals surface area (Å²) in [5.41, 5.74) is 1.89. The van der Waals surface area contributed by atoms with Gasteiger partial charge in [0.1, 0.15) is 5.82 Å². The summed E-state index contributed by atoms with van der Waals surface area (Å²) < 4.78 is 19.3. The van der Waals surface area contributed by atoms with E-state index < -0.39 is 11.7 Å². The van der Waals surface area contributed by atoms with E-state index in [1.54, 1.807) is 12.1 Å². The monoisotopic (exact) mass is 368 g/mol. The van der Waals surface area contributed by atoms with E-state index in [4.69, 9.17) is 4.52 Å². The van der Waals surface area contributed by atoms with Gasteiger partial charge in [-0.05, 0) is 44.7 Å². The molecule has 2 N–H and O–H groups in total. The molecule has 0 aliphatic heterocycles. The highest BCUT2D eigenvalue weighted by molar-refractivity contribution is 6.06. The first-order chi connectivity index (χ1) is 13.0. The molecule has 1 heterocycles. The lowest BCUT2D eigenvalue weighted by Gasteiger charge is -2.12. The number of likely N-dealkylation sites (N-methyl/N-ethyl adjacent to an activating group) is 1. The molecule has 0 bridgehead atoms. The highest BCUT2D eigenvalue weighted by Gasteiger charge is 2.19. The zero-order valence-electron chi connectivity index (χ0n) is 15.4. The van der Waals surface area contributed by atoms with Crippen molar-refractivity contribution in [3.8, 4) is 11.5 Å². The summed E-state index contributed by atoms with van der Waals surface area (Å²) >= 11 is 0. The number of nitrogens with zero attached hydrogens (tertiary/aromatic N) is 2. The van der Waals surface area contributed by atoms with E-state index in [2.05, 4.69) is 20.8 Å². The number of benzene rings is 2. The maximum Gasteiger partial charge on any atom is 0.260 e. The minimum Gasteiger partial charge on any atom is -0.334 e. The van der Waals surface area contributed by atoms with Crippen molar-refractivity contribution in [3.63, 3.8) is 0 Å². The molecule has 2 aromatic carbocycles. The third-order valence-electron chi connectivity index (χ3n) is 4.31. The lowest BCUT2D eigenvalue weighted by molar-refractivity contribution is 0.102. The molecule has 0 spiro atoms. The molecule has 27 heavy (non-hydrogen) atoms. The fourth-order valence-electron chi connectivity index (χ4n) is 2.66. The Morgan fingerprint density at radius 3 is 2.74 bits per heavy atom. The maximum absolute atomic E-state index is 13.9. The number of aryl methyl sites for hydroxylation is 1. The number of hydrogen-bond donors (Lipinski definition) is 2. The Hall–Kier alpha value is -3.06.